The standard InChI is InChI=1S/C12H10F5NS/c13-19(14,15,16,17)10-6-7-11(12(18)8-10)9-4-2-1-3-5-9/h1-8H,18H2. The van der Waals surface area contributed by atoms with Gasteiger partial charge in [0.1, 0.15) is 4.90 Å². The van der Waals surface area contributed by atoms with Crippen molar-refractivity contribution in [3.63, 3.8) is 0 Å². The maximum absolute atomic E-state index is 12.6. The van der Waals surface area contributed by atoms with E-state index in [0.717, 1.165) is 6.07 Å². The van der Waals surface area contributed by atoms with Crippen molar-refractivity contribution in [2.45, 2.75) is 4.90 Å². The van der Waals surface area contributed by atoms with Gasteiger partial charge < -0.3 is 5.73 Å². The summed E-state index contributed by atoms with van der Waals surface area (Å²) in [6.45, 7) is 0. The third kappa shape index (κ3) is 2.98. The SMILES string of the molecule is Nc1cc(S(F)(F)(F)(F)F)ccc1-c1ccccc1. The first-order chi connectivity index (χ1) is 8.47. The fraction of sp³-hybridized carbons (Fsp3) is 0. The summed E-state index contributed by atoms with van der Waals surface area (Å²) in [6.07, 6.45) is 0. The summed E-state index contributed by atoms with van der Waals surface area (Å²) in [6, 6.07) is 9.93. The number of hydrogen-bond acceptors (Lipinski definition) is 1. The van der Waals surface area contributed by atoms with Gasteiger partial charge in [-0.25, -0.2) is 0 Å². The lowest BCUT2D eigenvalue weighted by molar-refractivity contribution is 0.364. The van der Waals surface area contributed by atoms with Crippen molar-refractivity contribution in [3.05, 3.63) is 48.5 Å². The van der Waals surface area contributed by atoms with Crippen LogP contribution in [-0.2, 0) is 0 Å². The highest BCUT2D eigenvalue weighted by Gasteiger charge is 2.65. The van der Waals surface area contributed by atoms with Crippen LogP contribution in [0.25, 0.3) is 11.1 Å². The van der Waals surface area contributed by atoms with E-state index in [9.17, 15) is 19.4 Å². The average molecular weight is 295 g/mol. The molecule has 0 atom stereocenters. The summed E-state index contributed by atoms with van der Waals surface area (Å²) in [7, 11) is -9.67. The van der Waals surface area contributed by atoms with Crippen molar-refractivity contribution in [1.82, 2.24) is 0 Å². The summed E-state index contributed by atoms with van der Waals surface area (Å²) in [5, 5.41) is 0. The molecule has 0 bridgehead atoms. The molecule has 0 aliphatic rings. The lowest BCUT2D eigenvalue weighted by atomic mass is 10.0. The van der Waals surface area contributed by atoms with E-state index < -0.39 is 15.1 Å². The van der Waals surface area contributed by atoms with Gasteiger partial charge in [-0.2, -0.15) is 0 Å². The van der Waals surface area contributed by atoms with Gasteiger partial charge in [0.25, 0.3) is 0 Å². The molecule has 0 saturated heterocycles. The number of nitrogen functional groups attached to an aromatic ring is 1. The molecule has 0 radical (unpaired) electrons. The zero-order valence-corrected chi connectivity index (χ0v) is 10.3. The van der Waals surface area contributed by atoms with E-state index >= 15 is 0 Å². The fourth-order valence-corrected chi connectivity index (χ4v) is 2.34. The third-order valence-corrected chi connectivity index (χ3v) is 3.70. The smallest absolute Gasteiger partial charge is 0.310 e. The van der Waals surface area contributed by atoms with Gasteiger partial charge in [0.15, 0.2) is 0 Å². The van der Waals surface area contributed by atoms with Crippen LogP contribution in [0.15, 0.2) is 53.4 Å². The number of anilines is 1. The van der Waals surface area contributed by atoms with E-state index in [4.69, 9.17) is 5.73 Å². The van der Waals surface area contributed by atoms with Crippen molar-refractivity contribution < 1.29 is 19.4 Å². The summed E-state index contributed by atoms with van der Waals surface area (Å²) in [5.41, 5.74) is 5.96. The second kappa shape index (κ2) is 3.41. The normalized spacial score (nSPS) is 15.6. The van der Waals surface area contributed by atoms with Crippen molar-refractivity contribution in [3.8, 4) is 11.1 Å². The molecule has 0 aromatic heterocycles. The Morgan fingerprint density at radius 1 is 0.789 bits per heavy atom. The van der Waals surface area contributed by atoms with Crippen LogP contribution in [0.1, 0.15) is 0 Å². The summed E-state index contributed by atoms with van der Waals surface area (Å²) in [5.74, 6) is 0. The molecule has 2 aromatic rings. The van der Waals surface area contributed by atoms with E-state index in [1.165, 1.54) is 0 Å². The van der Waals surface area contributed by atoms with Gasteiger partial charge in [0.05, 0.1) is 0 Å². The zero-order chi connectivity index (χ0) is 14.4. The predicted octanol–water partition coefficient (Wildman–Crippen LogP) is 5.59. The largest absolute Gasteiger partial charge is 0.398 e. The quantitative estimate of drug-likeness (QED) is 0.567. The van der Waals surface area contributed by atoms with Crippen LogP contribution >= 0.6 is 10.2 Å². The molecule has 0 amide bonds. The summed E-state index contributed by atoms with van der Waals surface area (Å²) >= 11 is 0. The van der Waals surface area contributed by atoms with Gasteiger partial charge in [0.2, 0.25) is 0 Å². The molecule has 19 heavy (non-hydrogen) atoms. The Balaban J connectivity index is 2.57. The van der Waals surface area contributed by atoms with Gasteiger partial charge in [-0.05, 0) is 17.7 Å². The van der Waals surface area contributed by atoms with Crippen LogP contribution in [0, 0.1) is 0 Å². The maximum atomic E-state index is 12.6. The molecule has 0 aliphatic carbocycles. The molecule has 2 aromatic carbocycles. The second-order valence-electron chi connectivity index (χ2n) is 4.08. The Kier molecular flexibility index (Phi) is 2.46. The number of benzene rings is 2. The Hall–Kier alpha value is -1.76. The maximum Gasteiger partial charge on any atom is 0.310 e. The van der Waals surface area contributed by atoms with Crippen molar-refractivity contribution in [1.29, 1.82) is 0 Å². The highest BCUT2D eigenvalue weighted by atomic mass is 32.5. The average Bonchev–Trinajstić information content (AvgIpc) is 2.27. The first kappa shape index (κ1) is 13.7. The lowest BCUT2D eigenvalue weighted by Crippen LogP contribution is -2.07. The minimum absolute atomic E-state index is 0.282. The molecule has 2 N–H and O–H groups in total. The zero-order valence-electron chi connectivity index (χ0n) is 9.49. The van der Waals surface area contributed by atoms with Crippen molar-refractivity contribution in [2.24, 2.45) is 0 Å². The van der Waals surface area contributed by atoms with Crippen LogP contribution in [-0.4, -0.2) is 0 Å². The molecule has 2 rings (SSSR count). The van der Waals surface area contributed by atoms with Crippen LogP contribution in [0.5, 0.6) is 0 Å². The van der Waals surface area contributed by atoms with E-state index in [1.807, 2.05) is 0 Å². The highest BCUT2D eigenvalue weighted by molar-refractivity contribution is 8.45. The van der Waals surface area contributed by atoms with Crippen LogP contribution in [0.4, 0.5) is 25.1 Å². The number of hydrogen-bond donors (Lipinski definition) is 1. The minimum atomic E-state index is -9.67. The van der Waals surface area contributed by atoms with Crippen LogP contribution < -0.4 is 5.73 Å². The Morgan fingerprint density at radius 2 is 1.37 bits per heavy atom. The Bertz CT molecular complexity index is 622. The monoisotopic (exact) mass is 295 g/mol. The first-order valence-electron chi connectivity index (χ1n) is 5.16. The molecule has 0 heterocycles. The number of nitrogens with two attached hydrogens (primary N) is 1. The molecule has 0 fully saturated rings. The molecular formula is C12H10F5NS. The Morgan fingerprint density at radius 3 is 1.84 bits per heavy atom. The number of rotatable bonds is 2. The van der Waals surface area contributed by atoms with Crippen LogP contribution in [0.3, 0.4) is 0 Å². The highest BCUT2D eigenvalue weighted by Crippen LogP contribution is 3.02. The van der Waals surface area contributed by atoms with Gasteiger partial charge in [-0.15, -0.1) is 0 Å². The topological polar surface area (TPSA) is 26.0 Å². The molecular weight excluding hydrogens is 285 g/mol. The Labute approximate surface area is 106 Å². The molecule has 104 valence electrons. The van der Waals surface area contributed by atoms with E-state index in [0.29, 0.717) is 11.6 Å². The number of halogens is 5. The van der Waals surface area contributed by atoms with Crippen molar-refractivity contribution >= 4 is 15.9 Å². The summed E-state index contributed by atoms with van der Waals surface area (Å²) < 4.78 is 63.0. The third-order valence-electron chi connectivity index (χ3n) is 2.55. The lowest BCUT2D eigenvalue weighted by Gasteiger charge is -2.40. The second-order valence-corrected chi connectivity index (χ2v) is 6.49. The first-order valence-corrected chi connectivity index (χ1v) is 7.11. The van der Waals surface area contributed by atoms with E-state index in [1.54, 1.807) is 30.3 Å². The molecule has 1 nitrogen and oxygen atoms in total. The van der Waals surface area contributed by atoms with E-state index in [2.05, 4.69) is 0 Å². The summed E-state index contributed by atoms with van der Waals surface area (Å²) in [4.78, 5) is -1.97. The van der Waals surface area contributed by atoms with Crippen molar-refractivity contribution in [2.75, 3.05) is 5.73 Å². The van der Waals surface area contributed by atoms with Gasteiger partial charge in [-0.3, -0.25) is 0 Å². The minimum Gasteiger partial charge on any atom is -0.398 e. The molecule has 7 heteroatoms. The van der Waals surface area contributed by atoms with E-state index in [-0.39, 0.29) is 17.3 Å². The molecule has 0 aliphatic heterocycles. The molecule has 0 saturated carbocycles. The fourth-order valence-electron chi connectivity index (χ4n) is 1.66. The predicted molar refractivity (Wildman–Crippen MR) is 67.7 cm³/mol. The molecule has 0 spiro atoms. The van der Waals surface area contributed by atoms with Gasteiger partial charge >= 0.3 is 10.2 Å². The molecule has 0 unspecified atom stereocenters. The van der Waals surface area contributed by atoms with Crippen LogP contribution in [0.2, 0.25) is 0 Å². The van der Waals surface area contributed by atoms with Gasteiger partial charge in [-0.1, -0.05) is 55.8 Å². The van der Waals surface area contributed by atoms with Gasteiger partial charge in [0, 0.05) is 11.3 Å².